The largest absolute Gasteiger partial charge is 0.509 e. The first-order chi connectivity index (χ1) is 37.9. The van der Waals surface area contributed by atoms with Crippen LogP contribution in [-0.2, 0) is 37.3 Å². The van der Waals surface area contributed by atoms with Crippen molar-refractivity contribution in [2.75, 3.05) is 9.80 Å². The van der Waals surface area contributed by atoms with Gasteiger partial charge in [-0.3, -0.25) is 0 Å². The molecular weight excluding hydrogens is 1190 g/mol. The molecule has 0 amide bonds. The molecule has 3 heterocycles. The van der Waals surface area contributed by atoms with Crippen LogP contribution in [0.4, 0.5) is 35.9 Å². The monoisotopic (exact) mass is 1260 g/mol. The zero-order valence-corrected chi connectivity index (χ0v) is 50.7. The summed E-state index contributed by atoms with van der Waals surface area (Å²) in [4.78, 5) is 9.00. The molecule has 0 aliphatic carbocycles. The first-order valence-electron chi connectivity index (χ1n) is 27.7. The van der Waals surface area contributed by atoms with Gasteiger partial charge >= 0.3 is 0 Å². The molecule has 0 unspecified atom stereocenters. The molecule has 5 nitrogen and oxygen atoms in total. The molecule has 11 rings (SSSR count). The van der Waals surface area contributed by atoms with Crippen molar-refractivity contribution in [3.05, 3.63) is 222 Å². The number of ether oxygens (including phenoxy) is 1. The third-order valence-corrected chi connectivity index (χ3v) is 15.5. The summed E-state index contributed by atoms with van der Waals surface area (Å²) in [6, 6.07) is 56.8. The van der Waals surface area contributed by atoms with E-state index in [1.807, 2.05) is 66.3 Å². The fourth-order valence-electron chi connectivity index (χ4n) is 11.1. The van der Waals surface area contributed by atoms with Crippen LogP contribution in [0.1, 0.15) is 130 Å². The van der Waals surface area contributed by atoms with E-state index < -0.39 is 22.9 Å². The predicted molar refractivity (Wildman–Crippen MR) is 325 cm³/mol. The number of nitrogens with zero attached hydrogens (tertiary/aromatic N) is 4. The van der Waals surface area contributed by atoms with Crippen molar-refractivity contribution >= 4 is 44.6 Å². The molecular formula is C72H68F3N4OPt-3. The number of pyridine rings is 1. The van der Waals surface area contributed by atoms with Gasteiger partial charge in [-0.25, -0.2) is 18.2 Å². The number of anilines is 4. The normalized spacial score (nSPS) is 13.0. The molecule has 0 atom stereocenters. The molecule has 0 radical (unpaired) electrons. The van der Waals surface area contributed by atoms with Crippen LogP contribution >= 0.6 is 0 Å². The van der Waals surface area contributed by atoms with Crippen LogP contribution in [-0.4, -0.2) is 9.55 Å². The summed E-state index contributed by atoms with van der Waals surface area (Å²) in [6.45, 7) is 30.2. The van der Waals surface area contributed by atoms with E-state index >= 15 is 8.78 Å². The van der Waals surface area contributed by atoms with Crippen LogP contribution in [0.25, 0.3) is 61.0 Å². The van der Waals surface area contributed by atoms with E-state index in [9.17, 15) is 4.39 Å². The molecule has 8 aromatic carbocycles. The summed E-state index contributed by atoms with van der Waals surface area (Å²) in [5.41, 5.74) is 12.9. The van der Waals surface area contributed by atoms with E-state index in [0.717, 1.165) is 95.6 Å². The summed E-state index contributed by atoms with van der Waals surface area (Å²) in [7, 11) is 0. The average Bonchev–Trinajstić information content (AvgIpc) is 4.04. The zero-order chi connectivity index (χ0) is 56.7. The second-order valence-corrected chi connectivity index (χ2v) is 25.1. The van der Waals surface area contributed by atoms with Gasteiger partial charge in [0.1, 0.15) is 23.3 Å². The number of hydrogen-bond acceptors (Lipinski definition) is 4. The summed E-state index contributed by atoms with van der Waals surface area (Å²) in [5, 5.41) is 2.09. The van der Waals surface area contributed by atoms with Gasteiger partial charge in [0.15, 0.2) is 0 Å². The molecule has 0 N–H and O–H groups in total. The van der Waals surface area contributed by atoms with Gasteiger partial charge in [0, 0.05) is 84.6 Å². The number of fused-ring (bicyclic) bond motifs is 4. The minimum atomic E-state index is -0.991. The summed E-state index contributed by atoms with van der Waals surface area (Å²) >= 11 is 0. The van der Waals surface area contributed by atoms with E-state index in [-0.39, 0.29) is 49.3 Å². The molecule has 416 valence electrons. The molecule has 0 fully saturated rings. The molecule has 1 aliphatic rings. The van der Waals surface area contributed by atoms with Gasteiger partial charge in [-0.1, -0.05) is 168 Å². The molecule has 0 bridgehead atoms. The Morgan fingerprint density at radius 2 is 1.14 bits per heavy atom. The van der Waals surface area contributed by atoms with Gasteiger partial charge in [-0.15, -0.1) is 53.6 Å². The fraction of sp³-hybridized carbons (Fsp3) is 0.250. The first-order valence-corrected chi connectivity index (χ1v) is 27.7. The number of benzene rings is 8. The van der Waals surface area contributed by atoms with Gasteiger partial charge in [0.2, 0.25) is 0 Å². The maximum absolute atomic E-state index is 16.7. The Hall–Kier alpha value is -7.41. The third kappa shape index (κ3) is 10.8. The van der Waals surface area contributed by atoms with E-state index in [1.54, 1.807) is 0 Å². The van der Waals surface area contributed by atoms with E-state index in [4.69, 9.17) is 9.72 Å². The predicted octanol–water partition coefficient (Wildman–Crippen LogP) is 20.5. The number of rotatable bonds is 10. The average molecular weight is 1260 g/mol. The Labute approximate surface area is 490 Å². The van der Waals surface area contributed by atoms with Crippen molar-refractivity contribution < 1.29 is 39.0 Å². The van der Waals surface area contributed by atoms with E-state index in [0.29, 0.717) is 28.4 Å². The number of aromatic nitrogens is 2. The van der Waals surface area contributed by atoms with Crippen LogP contribution in [0, 0.1) is 36.3 Å². The third-order valence-electron chi connectivity index (χ3n) is 15.5. The molecule has 0 saturated heterocycles. The van der Waals surface area contributed by atoms with E-state index in [2.05, 4.69) is 203 Å². The standard InChI is InChI=1S/C72H68F3N4O.Pt/c1-43(2)45-30-46(44(3)4)32-47(31-45)58-35-50(71(8,9)10)36-59(68-61(74)38-51(73)39-62(68)75)69(58)78-42-77(64-24-18-19-25-65(64)78)52-33-48(55-20-14-16-22-60(55)72(11,12)13)34-54(40-52)80-53-26-27-57-56-21-15-17-23-63(56)79(66(57)41-53)67-37-49(28-29-76-67)70(5,6)7;/h14-39,42-44H,1-13H3;/q-3;. The fourth-order valence-corrected chi connectivity index (χ4v) is 11.1. The van der Waals surface area contributed by atoms with Gasteiger partial charge in [0.05, 0.1) is 5.56 Å². The molecule has 10 aromatic rings. The molecule has 0 saturated carbocycles. The topological polar surface area (TPSA) is 33.5 Å². The Kier molecular flexibility index (Phi) is 15.1. The minimum absolute atomic E-state index is 0. The van der Waals surface area contributed by atoms with Crippen LogP contribution in [0.15, 0.2) is 158 Å². The van der Waals surface area contributed by atoms with Crippen molar-refractivity contribution in [2.24, 2.45) is 0 Å². The molecule has 81 heavy (non-hydrogen) atoms. The second-order valence-electron chi connectivity index (χ2n) is 25.1. The SMILES string of the molecule is CC(C)c1cc(-c2cc(C(C)(C)C)cc(-c3c(F)cc(F)cc3F)c2N2[CH-]N(c3[c-]c(Oc4[c-]c5c(cc4)c4ccccc4n5-c4cc(C(C)(C)C)ccn4)cc(-c4ccccc4C(C)(C)C)c3)c3ccccc32)cc(C(C)C)c1.[Pt]. The zero-order valence-electron chi connectivity index (χ0n) is 48.4. The number of hydrogen-bond donors (Lipinski definition) is 0. The van der Waals surface area contributed by atoms with Crippen LogP contribution < -0.4 is 14.5 Å². The Bertz CT molecular complexity index is 3990. The van der Waals surface area contributed by atoms with Crippen molar-refractivity contribution in [1.82, 2.24) is 9.55 Å². The van der Waals surface area contributed by atoms with Crippen molar-refractivity contribution in [3.63, 3.8) is 0 Å². The minimum Gasteiger partial charge on any atom is -0.509 e. The van der Waals surface area contributed by atoms with Crippen molar-refractivity contribution in [1.29, 1.82) is 0 Å². The van der Waals surface area contributed by atoms with Gasteiger partial charge < -0.3 is 19.1 Å². The maximum atomic E-state index is 16.7. The summed E-state index contributed by atoms with van der Waals surface area (Å²) in [6.07, 6.45) is 1.87. The molecule has 2 aromatic heterocycles. The smallest absolute Gasteiger partial charge is 0.136 e. The summed E-state index contributed by atoms with van der Waals surface area (Å²) < 4.78 is 57.6. The van der Waals surface area contributed by atoms with Crippen molar-refractivity contribution in [2.45, 2.75) is 118 Å². The van der Waals surface area contributed by atoms with Crippen molar-refractivity contribution in [3.8, 4) is 50.7 Å². The quantitative estimate of drug-likeness (QED) is 0.128. The molecule has 9 heteroatoms. The molecule has 1 aliphatic heterocycles. The Balaban J connectivity index is 0.00000736. The van der Waals surface area contributed by atoms with Gasteiger partial charge in [-0.2, -0.15) is 6.07 Å². The van der Waals surface area contributed by atoms with Crippen LogP contribution in [0.2, 0.25) is 0 Å². The number of para-hydroxylation sites is 3. The Morgan fingerprint density at radius 3 is 1.79 bits per heavy atom. The second kappa shape index (κ2) is 21.5. The Morgan fingerprint density at radius 1 is 0.531 bits per heavy atom. The maximum Gasteiger partial charge on any atom is 0.136 e. The van der Waals surface area contributed by atoms with Gasteiger partial charge in [0.25, 0.3) is 0 Å². The van der Waals surface area contributed by atoms with Crippen LogP contribution in [0.5, 0.6) is 11.5 Å². The summed E-state index contributed by atoms with van der Waals surface area (Å²) in [5.74, 6) is -0.854. The number of halogens is 3. The van der Waals surface area contributed by atoms with Crippen LogP contribution in [0.3, 0.4) is 0 Å². The van der Waals surface area contributed by atoms with E-state index in [1.165, 1.54) is 5.56 Å². The first kappa shape index (κ1) is 56.8. The van der Waals surface area contributed by atoms with Gasteiger partial charge in [-0.05, 0) is 115 Å². The molecule has 0 spiro atoms.